The van der Waals surface area contributed by atoms with E-state index < -0.39 is 61.5 Å². The Kier molecular flexibility index (Phi) is 35.6. The zero-order valence-corrected chi connectivity index (χ0v) is 37.6. The molecule has 1 heterocycles. The lowest BCUT2D eigenvalue weighted by atomic mass is 9.99. The van der Waals surface area contributed by atoms with Crippen molar-refractivity contribution in [2.24, 2.45) is 5.92 Å². The summed E-state index contributed by atoms with van der Waals surface area (Å²) in [6.07, 6.45) is 31.6. The summed E-state index contributed by atoms with van der Waals surface area (Å²) >= 11 is 0. The van der Waals surface area contributed by atoms with Gasteiger partial charge in [-0.3, -0.25) is 4.79 Å². The van der Waals surface area contributed by atoms with Gasteiger partial charge in [0.1, 0.15) is 30.5 Å². The van der Waals surface area contributed by atoms with Gasteiger partial charge in [0.2, 0.25) is 5.91 Å². The largest absolute Gasteiger partial charge is 0.394 e. The molecule has 1 saturated heterocycles. The third kappa shape index (κ3) is 27.7. The molecule has 0 aromatic rings. The van der Waals surface area contributed by atoms with Crippen LogP contribution >= 0.6 is 0 Å². The Morgan fingerprint density at radius 1 is 0.638 bits per heavy atom. The normalized spacial score (nSPS) is 22.0. The molecule has 1 amide bonds. The van der Waals surface area contributed by atoms with Gasteiger partial charge in [0.05, 0.1) is 25.4 Å². The van der Waals surface area contributed by atoms with Crippen LogP contribution in [0.25, 0.3) is 0 Å². The molecule has 0 spiro atoms. The molecule has 58 heavy (non-hydrogen) atoms. The van der Waals surface area contributed by atoms with Gasteiger partial charge in [0.15, 0.2) is 6.29 Å². The van der Waals surface area contributed by atoms with Crippen LogP contribution in [-0.4, -0.2) is 98.7 Å². The highest BCUT2D eigenvalue weighted by molar-refractivity contribution is 5.80. The first-order valence-corrected chi connectivity index (χ1v) is 24.4. The third-order valence-electron chi connectivity index (χ3n) is 12.3. The minimum absolute atomic E-state index is 0.303. The van der Waals surface area contributed by atoms with Crippen molar-refractivity contribution in [2.75, 3.05) is 13.2 Å². The average Bonchev–Trinajstić information content (AvgIpc) is 3.22. The lowest BCUT2D eigenvalue weighted by molar-refractivity contribution is -0.302. The van der Waals surface area contributed by atoms with Crippen LogP contribution < -0.4 is 5.32 Å². The van der Waals surface area contributed by atoms with Gasteiger partial charge in [0.25, 0.3) is 0 Å². The Balaban J connectivity index is 2.35. The monoisotopic (exact) mass is 828 g/mol. The first-order chi connectivity index (χ1) is 28.2. The quantitative estimate of drug-likeness (QED) is 0.0235. The van der Waals surface area contributed by atoms with E-state index >= 15 is 0 Å². The maximum Gasteiger partial charge on any atom is 0.249 e. The van der Waals surface area contributed by atoms with Gasteiger partial charge in [-0.1, -0.05) is 213 Å². The minimum atomic E-state index is -1.61. The number of rotatable bonds is 40. The second-order valence-electron chi connectivity index (χ2n) is 17.7. The van der Waals surface area contributed by atoms with Crippen LogP contribution in [0.3, 0.4) is 0 Å². The SMILES string of the molecule is CCCCCCCCCCCCCCCCCCCCCCC(O)C(=O)NC(COC1OC(CO)C(O)C(O)C1O)C(O)C=CCCCCCCCCCC(C)CC. The number of carbonyl (C=O) groups excluding carboxylic acids is 1. The van der Waals surface area contributed by atoms with E-state index in [9.17, 15) is 35.4 Å². The van der Waals surface area contributed by atoms with Crippen LogP contribution in [0.1, 0.15) is 220 Å². The van der Waals surface area contributed by atoms with E-state index in [1.165, 1.54) is 148 Å². The third-order valence-corrected chi connectivity index (χ3v) is 12.3. The number of ether oxygens (including phenoxy) is 2. The molecule has 1 aliphatic heterocycles. The number of hydrogen-bond acceptors (Lipinski definition) is 9. The van der Waals surface area contributed by atoms with Crippen LogP contribution in [0.5, 0.6) is 0 Å². The number of nitrogens with one attached hydrogen (secondary N) is 1. The predicted molar refractivity (Wildman–Crippen MR) is 236 cm³/mol. The second-order valence-corrected chi connectivity index (χ2v) is 17.7. The summed E-state index contributed by atoms with van der Waals surface area (Å²) in [6.45, 7) is 5.95. The lowest BCUT2D eigenvalue weighted by Crippen LogP contribution is -2.60. The summed E-state index contributed by atoms with van der Waals surface area (Å²) in [4.78, 5) is 13.1. The Hall–Kier alpha value is -1.11. The second kappa shape index (κ2) is 37.6. The Morgan fingerprint density at radius 3 is 1.55 bits per heavy atom. The highest BCUT2D eigenvalue weighted by Gasteiger charge is 2.44. The fraction of sp³-hybridized carbons (Fsp3) is 0.938. The fourth-order valence-electron chi connectivity index (χ4n) is 7.84. The molecule has 10 nitrogen and oxygen atoms in total. The number of amides is 1. The van der Waals surface area contributed by atoms with Gasteiger partial charge < -0.3 is 45.4 Å². The number of aliphatic hydroxyl groups is 6. The molecule has 9 atom stereocenters. The van der Waals surface area contributed by atoms with E-state index in [2.05, 4.69) is 26.1 Å². The zero-order chi connectivity index (χ0) is 42.6. The molecule has 0 saturated carbocycles. The van der Waals surface area contributed by atoms with E-state index in [1.807, 2.05) is 6.08 Å². The van der Waals surface area contributed by atoms with Gasteiger partial charge in [-0.25, -0.2) is 0 Å². The van der Waals surface area contributed by atoms with E-state index in [0.717, 1.165) is 50.9 Å². The smallest absolute Gasteiger partial charge is 0.249 e. The molecule has 1 aliphatic rings. The van der Waals surface area contributed by atoms with Crippen molar-refractivity contribution >= 4 is 5.91 Å². The molecular weight excluding hydrogens is 735 g/mol. The molecular formula is C48H93NO9. The van der Waals surface area contributed by atoms with E-state index in [0.29, 0.717) is 6.42 Å². The van der Waals surface area contributed by atoms with Gasteiger partial charge in [-0.05, 0) is 25.2 Å². The molecule has 9 unspecified atom stereocenters. The predicted octanol–water partition coefficient (Wildman–Crippen LogP) is 9.33. The zero-order valence-electron chi connectivity index (χ0n) is 37.6. The van der Waals surface area contributed by atoms with Crippen molar-refractivity contribution in [3.63, 3.8) is 0 Å². The lowest BCUT2D eigenvalue weighted by Gasteiger charge is -2.40. The van der Waals surface area contributed by atoms with Gasteiger partial charge in [-0.2, -0.15) is 0 Å². The number of hydrogen-bond donors (Lipinski definition) is 7. The molecule has 344 valence electrons. The van der Waals surface area contributed by atoms with Crippen LogP contribution in [0.4, 0.5) is 0 Å². The summed E-state index contributed by atoms with van der Waals surface area (Å²) in [6, 6.07) is -0.976. The number of carbonyl (C=O) groups is 1. The molecule has 10 heteroatoms. The number of unbranched alkanes of at least 4 members (excludes halogenated alkanes) is 26. The molecule has 0 aromatic heterocycles. The molecule has 0 bridgehead atoms. The van der Waals surface area contributed by atoms with Gasteiger partial charge in [0, 0.05) is 0 Å². The highest BCUT2D eigenvalue weighted by atomic mass is 16.7. The van der Waals surface area contributed by atoms with Crippen molar-refractivity contribution in [3.05, 3.63) is 12.2 Å². The van der Waals surface area contributed by atoms with Gasteiger partial charge in [-0.15, -0.1) is 0 Å². The Bertz CT molecular complexity index is 952. The first kappa shape index (κ1) is 54.9. The molecule has 0 aromatic carbocycles. The topological polar surface area (TPSA) is 169 Å². The molecule has 1 fully saturated rings. The van der Waals surface area contributed by atoms with Crippen molar-refractivity contribution in [2.45, 2.75) is 269 Å². The van der Waals surface area contributed by atoms with E-state index in [1.54, 1.807) is 6.08 Å². The highest BCUT2D eigenvalue weighted by Crippen LogP contribution is 2.23. The molecule has 7 N–H and O–H groups in total. The van der Waals surface area contributed by atoms with Crippen molar-refractivity contribution in [3.8, 4) is 0 Å². The Labute approximate surface area is 355 Å². The summed E-state index contributed by atoms with van der Waals surface area (Å²) < 4.78 is 11.1. The van der Waals surface area contributed by atoms with Gasteiger partial charge >= 0.3 is 0 Å². The van der Waals surface area contributed by atoms with Crippen molar-refractivity contribution in [1.82, 2.24) is 5.32 Å². The van der Waals surface area contributed by atoms with E-state index in [4.69, 9.17) is 9.47 Å². The molecule has 0 aliphatic carbocycles. The first-order valence-electron chi connectivity index (χ1n) is 24.4. The Morgan fingerprint density at radius 2 is 1.09 bits per heavy atom. The fourth-order valence-corrected chi connectivity index (χ4v) is 7.84. The van der Waals surface area contributed by atoms with E-state index in [-0.39, 0.29) is 6.61 Å². The summed E-state index contributed by atoms with van der Waals surface area (Å²) in [5.74, 6) is 0.203. The van der Waals surface area contributed by atoms with Crippen molar-refractivity contribution in [1.29, 1.82) is 0 Å². The minimum Gasteiger partial charge on any atom is -0.394 e. The van der Waals surface area contributed by atoms with Crippen LogP contribution in [0, 0.1) is 5.92 Å². The number of allylic oxidation sites excluding steroid dienone is 1. The maximum absolute atomic E-state index is 13.1. The molecule has 1 rings (SSSR count). The summed E-state index contributed by atoms with van der Waals surface area (Å²) in [5.41, 5.74) is 0. The van der Waals surface area contributed by atoms with Crippen molar-refractivity contribution < 1.29 is 44.9 Å². The average molecular weight is 828 g/mol. The summed E-state index contributed by atoms with van der Waals surface area (Å²) in [7, 11) is 0. The maximum atomic E-state index is 13.1. The summed E-state index contributed by atoms with van der Waals surface area (Å²) in [5, 5.41) is 64.7. The van der Waals surface area contributed by atoms with Crippen LogP contribution in [0.2, 0.25) is 0 Å². The molecule has 0 radical (unpaired) electrons. The standard InChI is InChI=1S/C48H93NO9/c1-4-6-7-8-9-10-11-12-13-14-15-16-17-18-19-20-23-27-30-33-36-42(52)47(56)49-40(38-57-48-46(55)45(54)44(53)43(37-50)58-48)41(51)35-32-29-26-24-21-22-25-28-31-34-39(3)5-2/h32,35,39-46,48,50-55H,4-31,33-34,36-38H2,1-3H3,(H,49,56). The number of aliphatic hydroxyl groups excluding tert-OH is 6. The van der Waals surface area contributed by atoms with Crippen LogP contribution in [0.15, 0.2) is 12.2 Å². The van der Waals surface area contributed by atoms with Crippen LogP contribution in [-0.2, 0) is 14.3 Å².